The van der Waals surface area contributed by atoms with E-state index in [1.165, 1.54) is 12.0 Å². The van der Waals surface area contributed by atoms with Crippen LogP contribution in [0.15, 0.2) is 22.7 Å². The van der Waals surface area contributed by atoms with E-state index in [2.05, 4.69) is 45.2 Å². The lowest BCUT2D eigenvalue weighted by atomic mass is 10.1. The van der Waals surface area contributed by atoms with Crippen LogP contribution in [0.3, 0.4) is 0 Å². The smallest absolute Gasteiger partial charge is 0.119 e. The monoisotopic (exact) mass is 312 g/mol. The molecule has 1 aliphatic rings. The van der Waals surface area contributed by atoms with Gasteiger partial charge in [0.2, 0.25) is 0 Å². The molecule has 2 rings (SSSR count). The van der Waals surface area contributed by atoms with Gasteiger partial charge in [0.25, 0.3) is 0 Å². The molecule has 0 spiro atoms. The van der Waals surface area contributed by atoms with Gasteiger partial charge in [-0.25, -0.2) is 0 Å². The van der Waals surface area contributed by atoms with Crippen molar-refractivity contribution in [3.63, 3.8) is 0 Å². The van der Waals surface area contributed by atoms with Gasteiger partial charge in [-0.3, -0.25) is 4.90 Å². The van der Waals surface area contributed by atoms with Gasteiger partial charge in [-0.05, 0) is 43.3 Å². The summed E-state index contributed by atoms with van der Waals surface area (Å²) in [5.41, 5.74) is 1.29. The molecule has 1 N–H and O–H groups in total. The highest BCUT2D eigenvalue weighted by atomic mass is 79.9. The molecule has 1 atom stereocenters. The summed E-state index contributed by atoms with van der Waals surface area (Å²) in [5.74, 6) is 0.925. The molecule has 1 aromatic rings. The lowest BCUT2D eigenvalue weighted by molar-refractivity contribution is 0.210. The maximum absolute atomic E-state index is 5.30. The number of nitrogens with zero attached hydrogens (tertiary/aromatic N) is 1. The summed E-state index contributed by atoms with van der Waals surface area (Å²) < 4.78 is 6.46. The Bertz CT molecular complexity index is 391. The van der Waals surface area contributed by atoms with Gasteiger partial charge in [0.05, 0.1) is 7.11 Å². The fraction of sp³-hybridized carbons (Fsp3) is 0.571. The average molecular weight is 313 g/mol. The van der Waals surface area contributed by atoms with Crippen molar-refractivity contribution in [1.82, 2.24) is 10.2 Å². The number of likely N-dealkylation sites (N-methyl/N-ethyl adjacent to an activating group) is 1. The summed E-state index contributed by atoms with van der Waals surface area (Å²) in [7, 11) is 1.71. The van der Waals surface area contributed by atoms with Crippen molar-refractivity contribution in [2.75, 3.05) is 26.7 Å². The predicted molar refractivity (Wildman–Crippen MR) is 78.1 cm³/mol. The number of methoxy groups -OCH3 is 1. The number of hydrogen-bond acceptors (Lipinski definition) is 3. The maximum atomic E-state index is 5.30. The molecule has 1 saturated heterocycles. The normalized spacial score (nSPS) is 19.4. The molecule has 0 saturated carbocycles. The van der Waals surface area contributed by atoms with Gasteiger partial charge in [0.15, 0.2) is 0 Å². The van der Waals surface area contributed by atoms with Crippen LogP contribution in [0.5, 0.6) is 5.75 Å². The van der Waals surface area contributed by atoms with E-state index in [0.29, 0.717) is 6.04 Å². The van der Waals surface area contributed by atoms with Crippen molar-refractivity contribution < 1.29 is 4.74 Å². The van der Waals surface area contributed by atoms with E-state index in [-0.39, 0.29) is 0 Å². The van der Waals surface area contributed by atoms with Gasteiger partial charge < -0.3 is 10.1 Å². The minimum Gasteiger partial charge on any atom is -0.497 e. The fourth-order valence-electron chi connectivity index (χ4n) is 2.47. The van der Waals surface area contributed by atoms with Crippen LogP contribution >= 0.6 is 15.9 Å². The second kappa shape index (κ2) is 6.55. The van der Waals surface area contributed by atoms with Crippen molar-refractivity contribution in [2.24, 2.45) is 0 Å². The number of rotatable bonds is 5. The Hall–Kier alpha value is -0.580. The first-order chi connectivity index (χ1) is 8.74. The molecule has 1 aromatic carbocycles. The summed E-state index contributed by atoms with van der Waals surface area (Å²) in [6.07, 6.45) is 1.25. The van der Waals surface area contributed by atoms with Crippen molar-refractivity contribution in [3.8, 4) is 5.75 Å². The molecule has 0 aromatic heterocycles. The van der Waals surface area contributed by atoms with Gasteiger partial charge >= 0.3 is 0 Å². The largest absolute Gasteiger partial charge is 0.497 e. The molecule has 0 aliphatic carbocycles. The Morgan fingerprint density at radius 2 is 2.33 bits per heavy atom. The van der Waals surface area contributed by atoms with E-state index in [4.69, 9.17) is 4.74 Å². The maximum Gasteiger partial charge on any atom is 0.119 e. The Labute approximate surface area is 118 Å². The van der Waals surface area contributed by atoms with Gasteiger partial charge in [0.1, 0.15) is 5.75 Å². The molecule has 1 aliphatic heterocycles. The van der Waals surface area contributed by atoms with Crippen LogP contribution in [0.2, 0.25) is 0 Å². The second-order valence-electron chi connectivity index (χ2n) is 4.67. The summed E-state index contributed by atoms with van der Waals surface area (Å²) in [6.45, 7) is 6.53. The summed E-state index contributed by atoms with van der Waals surface area (Å²) in [6, 6.07) is 6.83. The van der Waals surface area contributed by atoms with Crippen LogP contribution in [-0.2, 0) is 6.54 Å². The minimum absolute atomic E-state index is 0.660. The summed E-state index contributed by atoms with van der Waals surface area (Å²) in [4.78, 5) is 2.53. The molecule has 100 valence electrons. The highest BCUT2D eigenvalue weighted by Gasteiger charge is 2.21. The van der Waals surface area contributed by atoms with Gasteiger partial charge in [0, 0.05) is 23.6 Å². The fourth-order valence-corrected chi connectivity index (χ4v) is 2.84. The molecular formula is C14H21BrN2O. The van der Waals surface area contributed by atoms with Gasteiger partial charge in [-0.1, -0.05) is 22.9 Å². The number of hydrogen-bond donors (Lipinski definition) is 1. The van der Waals surface area contributed by atoms with E-state index in [0.717, 1.165) is 36.4 Å². The molecule has 0 amide bonds. The molecular weight excluding hydrogens is 292 g/mol. The van der Waals surface area contributed by atoms with Crippen LogP contribution < -0.4 is 10.1 Å². The van der Waals surface area contributed by atoms with Crippen LogP contribution in [0.25, 0.3) is 0 Å². The summed E-state index contributed by atoms with van der Waals surface area (Å²) >= 11 is 3.63. The topological polar surface area (TPSA) is 24.5 Å². The number of nitrogens with one attached hydrogen (secondary N) is 1. The third-order valence-corrected chi connectivity index (χ3v) is 4.36. The second-order valence-corrected chi connectivity index (χ2v) is 5.52. The first kappa shape index (κ1) is 13.8. The van der Waals surface area contributed by atoms with Crippen molar-refractivity contribution in [3.05, 3.63) is 28.2 Å². The number of ether oxygens (including phenoxy) is 1. The Morgan fingerprint density at radius 3 is 2.94 bits per heavy atom. The Kier molecular flexibility index (Phi) is 5.03. The Morgan fingerprint density at radius 1 is 1.50 bits per heavy atom. The van der Waals surface area contributed by atoms with Crippen molar-refractivity contribution in [1.29, 1.82) is 0 Å². The molecule has 1 heterocycles. The third-order valence-electron chi connectivity index (χ3n) is 3.58. The molecule has 1 fully saturated rings. The SMILES string of the molecule is CCN(Cc1cc(OC)ccc1Br)C1CCNC1. The van der Waals surface area contributed by atoms with Crippen LogP contribution in [0.1, 0.15) is 18.9 Å². The predicted octanol–water partition coefficient (Wildman–Crippen LogP) is 2.64. The number of benzene rings is 1. The molecule has 0 bridgehead atoms. The van der Waals surface area contributed by atoms with Crippen molar-refractivity contribution in [2.45, 2.75) is 25.9 Å². The van der Waals surface area contributed by atoms with Crippen molar-refractivity contribution >= 4 is 15.9 Å². The highest BCUT2D eigenvalue weighted by molar-refractivity contribution is 9.10. The first-order valence-corrected chi connectivity index (χ1v) is 7.31. The average Bonchev–Trinajstić information content (AvgIpc) is 2.91. The van der Waals surface area contributed by atoms with Crippen LogP contribution in [0, 0.1) is 0 Å². The molecule has 0 radical (unpaired) electrons. The van der Waals surface area contributed by atoms with E-state index in [1.807, 2.05) is 6.07 Å². The van der Waals surface area contributed by atoms with Crippen LogP contribution in [0.4, 0.5) is 0 Å². The zero-order valence-electron chi connectivity index (χ0n) is 11.1. The molecule has 4 heteroatoms. The minimum atomic E-state index is 0.660. The lowest BCUT2D eigenvalue weighted by Crippen LogP contribution is -2.36. The third kappa shape index (κ3) is 3.25. The lowest BCUT2D eigenvalue weighted by Gasteiger charge is -2.27. The first-order valence-electron chi connectivity index (χ1n) is 6.51. The standard InChI is InChI=1S/C14H21BrN2O/c1-3-17(12-6-7-16-9-12)10-11-8-13(18-2)4-5-14(11)15/h4-5,8,12,16H,3,6-7,9-10H2,1-2H3. The van der Waals surface area contributed by atoms with Gasteiger partial charge in [-0.15, -0.1) is 0 Å². The summed E-state index contributed by atoms with van der Waals surface area (Å²) in [5, 5.41) is 3.43. The molecule has 18 heavy (non-hydrogen) atoms. The van der Waals surface area contributed by atoms with Gasteiger partial charge in [-0.2, -0.15) is 0 Å². The Balaban J connectivity index is 2.10. The number of halogens is 1. The quantitative estimate of drug-likeness (QED) is 0.904. The van der Waals surface area contributed by atoms with Crippen LogP contribution in [-0.4, -0.2) is 37.7 Å². The zero-order chi connectivity index (χ0) is 13.0. The van der Waals surface area contributed by atoms with E-state index in [9.17, 15) is 0 Å². The van der Waals surface area contributed by atoms with E-state index >= 15 is 0 Å². The molecule has 1 unspecified atom stereocenters. The zero-order valence-corrected chi connectivity index (χ0v) is 12.7. The highest BCUT2D eigenvalue weighted by Crippen LogP contribution is 2.25. The van der Waals surface area contributed by atoms with E-state index in [1.54, 1.807) is 7.11 Å². The van der Waals surface area contributed by atoms with E-state index < -0.39 is 0 Å². The molecule has 3 nitrogen and oxygen atoms in total.